The van der Waals surface area contributed by atoms with E-state index in [0.717, 1.165) is 30.3 Å². The molecule has 10 nitrogen and oxygen atoms in total. The average molecular weight is 792 g/mol. The number of halogens is 7. The van der Waals surface area contributed by atoms with Crippen LogP contribution in [0.1, 0.15) is 0 Å². The molecule has 0 saturated heterocycles. The van der Waals surface area contributed by atoms with Crippen molar-refractivity contribution >= 4 is 44.0 Å². The number of fused-ring (bicyclic) bond motifs is 3. The normalized spacial score (nSPS) is 11.0. The molecule has 0 aliphatic heterocycles. The Hall–Kier alpha value is -7.21. The fourth-order valence-corrected chi connectivity index (χ4v) is 5.61. The highest BCUT2D eigenvalue weighted by atomic mass is 32.1. The second kappa shape index (κ2) is 15.3. The Bertz CT molecular complexity index is 2960. The highest BCUT2D eigenvalue weighted by Gasteiger charge is 2.16. The molecule has 0 N–H and O–H groups in total. The van der Waals surface area contributed by atoms with E-state index in [1.165, 1.54) is 47.9 Å². The third kappa shape index (κ3) is 7.58. The Morgan fingerprint density at radius 1 is 0.464 bits per heavy atom. The zero-order chi connectivity index (χ0) is 39.7. The van der Waals surface area contributed by atoms with Gasteiger partial charge in [-0.3, -0.25) is 0 Å². The fraction of sp³-hybridized carbons (Fsp3) is 0. The van der Waals surface area contributed by atoms with Crippen LogP contribution in [0.3, 0.4) is 0 Å². The summed E-state index contributed by atoms with van der Waals surface area (Å²) in [5.41, 5.74) is -2.49. The van der Waals surface area contributed by atoms with E-state index in [1.807, 2.05) is 0 Å². The van der Waals surface area contributed by atoms with Crippen LogP contribution in [0, 0.1) is 40.7 Å². The lowest BCUT2D eigenvalue weighted by Crippen LogP contribution is -2.05. The lowest BCUT2D eigenvalue weighted by atomic mass is 10.2. The predicted molar refractivity (Wildman–Crippen MR) is 187 cm³/mol. The van der Waals surface area contributed by atoms with Crippen LogP contribution in [-0.2, 0) is 0 Å². The van der Waals surface area contributed by atoms with Crippen LogP contribution in [0.5, 0.6) is 0 Å². The standard InChI is InChI=1S/C14H6F3NO2.C12H5F2NO3.C12H5F2NO2S/c15-9-4-2-1-3-7(9)13-18-12-6-11(17)10(16)5-8(12)14(19)20-13;13-7-4-6-9(5-8(7)14)15-11(18-12(6)16)10-2-1-3-17-10;13-7-4-6-9(5-8(7)14)15-11(17-12(6)16)10-2-1-3-18-10/h1-6H;2*1-5H. The van der Waals surface area contributed by atoms with Gasteiger partial charge in [-0.25, -0.2) is 60.1 Å². The van der Waals surface area contributed by atoms with Gasteiger partial charge in [0.1, 0.15) is 5.82 Å². The molecule has 280 valence electrons. The molecule has 0 fully saturated rings. The molecule has 9 rings (SSSR count). The van der Waals surface area contributed by atoms with Gasteiger partial charge in [0, 0.05) is 18.2 Å². The van der Waals surface area contributed by atoms with Crippen LogP contribution in [0.25, 0.3) is 66.6 Å². The lowest BCUT2D eigenvalue weighted by molar-refractivity contribution is 0.479. The van der Waals surface area contributed by atoms with Crippen molar-refractivity contribution in [3.63, 3.8) is 0 Å². The van der Waals surface area contributed by atoms with Gasteiger partial charge in [-0.2, -0.15) is 0 Å². The number of thiophene rings is 1. The summed E-state index contributed by atoms with van der Waals surface area (Å²) in [7, 11) is 0. The minimum atomic E-state index is -1.18. The Balaban J connectivity index is 0.000000129. The zero-order valence-corrected chi connectivity index (χ0v) is 28.3. The van der Waals surface area contributed by atoms with Crippen molar-refractivity contribution in [2.75, 3.05) is 0 Å². The monoisotopic (exact) mass is 791 g/mol. The van der Waals surface area contributed by atoms with E-state index < -0.39 is 57.6 Å². The van der Waals surface area contributed by atoms with Gasteiger partial charge in [-0.15, -0.1) is 11.3 Å². The van der Waals surface area contributed by atoms with Crippen molar-refractivity contribution in [3.05, 3.63) is 169 Å². The van der Waals surface area contributed by atoms with Crippen molar-refractivity contribution in [2.24, 2.45) is 0 Å². The fourth-order valence-electron chi connectivity index (χ4n) is 4.96. The third-order valence-electron chi connectivity index (χ3n) is 7.58. The van der Waals surface area contributed by atoms with Crippen molar-refractivity contribution in [1.29, 1.82) is 0 Å². The number of rotatable bonds is 3. The van der Waals surface area contributed by atoms with Gasteiger partial charge in [0.2, 0.25) is 11.8 Å². The molecule has 0 aliphatic carbocycles. The number of nitrogens with zero attached hydrogens (tertiary/aromatic N) is 3. The molecule has 0 spiro atoms. The summed E-state index contributed by atoms with van der Waals surface area (Å²) in [4.78, 5) is 47.5. The van der Waals surface area contributed by atoms with Crippen molar-refractivity contribution in [2.45, 2.75) is 0 Å². The maximum Gasteiger partial charge on any atom is 0.347 e. The largest absolute Gasteiger partial charge is 0.459 e. The van der Waals surface area contributed by atoms with Gasteiger partial charge in [-0.05, 0) is 53.9 Å². The van der Waals surface area contributed by atoms with Gasteiger partial charge in [0.05, 0.1) is 49.4 Å². The van der Waals surface area contributed by atoms with Crippen LogP contribution >= 0.6 is 11.3 Å². The minimum Gasteiger partial charge on any atom is -0.459 e. The summed E-state index contributed by atoms with van der Waals surface area (Å²) in [6.45, 7) is 0. The molecule has 4 aromatic carbocycles. The molecule has 0 aliphatic rings. The van der Waals surface area contributed by atoms with Crippen LogP contribution < -0.4 is 16.9 Å². The van der Waals surface area contributed by atoms with E-state index in [0.29, 0.717) is 10.9 Å². The van der Waals surface area contributed by atoms with Crippen LogP contribution in [0.15, 0.2) is 129 Å². The summed E-state index contributed by atoms with van der Waals surface area (Å²) >= 11 is 1.34. The predicted octanol–water partition coefficient (Wildman–Crippen LogP) is 9.19. The first-order valence-corrected chi connectivity index (χ1v) is 16.5. The molecule has 0 amide bonds. The van der Waals surface area contributed by atoms with E-state index >= 15 is 0 Å². The molecule has 0 atom stereocenters. The molecule has 0 bridgehead atoms. The van der Waals surface area contributed by atoms with E-state index in [9.17, 15) is 45.1 Å². The number of hydrogen-bond donors (Lipinski definition) is 0. The van der Waals surface area contributed by atoms with Gasteiger partial charge >= 0.3 is 16.9 Å². The molecular formula is C38H16F7N3O7S. The second-order valence-electron chi connectivity index (χ2n) is 11.2. The molecule has 0 saturated carbocycles. The SMILES string of the molecule is O=c1oc(-c2ccccc2F)nc2cc(F)c(F)cc12.O=c1oc(-c2ccco2)nc2cc(F)c(F)cc12.O=c1oc(-c2cccs2)nc2cc(F)c(F)cc12. The molecule has 9 aromatic rings. The summed E-state index contributed by atoms with van der Waals surface area (Å²) in [6, 6.07) is 16.9. The molecule has 5 heterocycles. The Labute approximate surface area is 309 Å². The van der Waals surface area contributed by atoms with E-state index in [-0.39, 0.29) is 61.7 Å². The first-order chi connectivity index (χ1) is 26.9. The van der Waals surface area contributed by atoms with Crippen LogP contribution in [-0.4, -0.2) is 15.0 Å². The highest BCUT2D eigenvalue weighted by Crippen LogP contribution is 2.25. The molecule has 18 heteroatoms. The Kier molecular flexibility index (Phi) is 10.1. The molecule has 0 unspecified atom stereocenters. The Morgan fingerprint density at radius 3 is 1.41 bits per heavy atom. The molecule has 5 aromatic heterocycles. The van der Waals surface area contributed by atoms with Gasteiger partial charge < -0.3 is 17.7 Å². The average Bonchev–Trinajstić information content (AvgIpc) is 3.91. The second-order valence-corrected chi connectivity index (χ2v) is 12.2. The topological polar surface area (TPSA) is 142 Å². The van der Waals surface area contributed by atoms with Gasteiger partial charge in [0.25, 0.3) is 5.89 Å². The number of furan rings is 1. The maximum absolute atomic E-state index is 13.6. The zero-order valence-electron chi connectivity index (χ0n) is 27.5. The van der Waals surface area contributed by atoms with E-state index in [1.54, 1.807) is 23.6 Å². The highest BCUT2D eigenvalue weighted by molar-refractivity contribution is 7.13. The smallest absolute Gasteiger partial charge is 0.347 e. The van der Waals surface area contributed by atoms with Crippen LogP contribution in [0.4, 0.5) is 30.7 Å². The summed E-state index contributed by atoms with van der Waals surface area (Å²) in [5, 5.41) is 1.40. The van der Waals surface area contributed by atoms with Gasteiger partial charge in [0.15, 0.2) is 40.7 Å². The summed E-state index contributed by atoms with van der Waals surface area (Å²) < 4.78 is 112. The maximum atomic E-state index is 13.6. The van der Waals surface area contributed by atoms with Crippen molar-refractivity contribution in [1.82, 2.24) is 15.0 Å². The quantitative estimate of drug-likeness (QED) is 0.159. The molecular weight excluding hydrogens is 775 g/mol. The number of hydrogen-bond acceptors (Lipinski definition) is 11. The van der Waals surface area contributed by atoms with Crippen molar-refractivity contribution < 1.29 is 48.4 Å². The molecule has 0 radical (unpaired) electrons. The van der Waals surface area contributed by atoms with Crippen LogP contribution in [0.2, 0.25) is 0 Å². The summed E-state index contributed by atoms with van der Waals surface area (Å²) in [5.74, 6) is -7.32. The van der Waals surface area contributed by atoms with Crippen molar-refractivity contribution in [3.8, 4) is 33.9 Å². The third-order valence-corrected chi connectivity index (χ3v) is 8.44. The van der Waals surface area contributed by atoms with E-state index in [2.05, 4.69) is 15.0 Å². The molecule has 56 heavy (non-hydrogen) atoms. The lowest BCUT2D eigenvalue weighted by Gasteiger charge is -2.03. The summed E-state index contributed by atoms with van der Waals surface area (Å²) in [6.07, 6.45) is 1.38. The Morgan fingerprint density at radius 2 is 0.929 bits per heavy atom. The van der Waals surface area contributed by atoms with Gasteiger partial charge in [-0.1, -0.05) is 18.2 Å². The minimum absolute atomic E-state index is 0.0107. The first kappa shape index (κ1) is 37.1. The van der Waals surface area contributed by atoms with E-state index in [4.69, 9.17) is 17.7 Å². The number of aromatic nitrogens is 3. The first-order valence-electron chi connectivity index (χ1n) is 15.6. The number of benzene rings is 4.